The third kappa shape index (κ3) is 6.41. The van der Waals surface area contributed by atoms with Crippen LogP contribution in [0.5, 0.6) is 5.75 Å². The first-order valence-electron chi connectivity index (χ1n) is 14.7. The predicted octanol–water partition coefficient (Wildman–Crippen LogP) is 6.63. The summed E-state index contributed by atoms with van der Waals surface area (Å²) in [5, 5.41) is 19.8. The van der Waals surface area contributed by atoms with Gasteiger partial charge < -0.3 is 20.7 Å². The molecule has 1 aromatic heterocycles. The highest BCUT2D eigenvalue weighted by Gasteiger charge is 2.55. The van der Waals surface area contributed by atoms with Crippen LogP contribution in [-0.2, 0) is 6.54 Å². The molecule has 0 spiro atoms. The molecule has 7 rings (SSSR count). The molecular formula is C30H35F5N6O. The number of nitrogens with zero attached hydrogens (tertiary/aromatic N) is 3. The average molecular weight is 591 g/mol. The Hall–Kier alpha value is -3.20. The minimum absolute atomic E-state index is 0.000401. The van der Waals surface area contributed by atoms with Crippen molar-refractivity contribution < 1.29 is 26.7 Å². The van der Waals surface area contributed by atoms with E-state index in [1.165, 1.54) is 37.2 Å². The summed E-state index contributed by atoms with van der Waals surface area (Å²) in [4.78, 5) is 8.67. The van der Waals surface area contributed by atoms with Crippen LogP contribution in [0, 0.1) is 34.5 Å². The summed E-state index contributed by atoms with van der Waals surface area (Å²) in [6.07, 6.45) is 3.13. The maximum Gasteiger partial charge on any atom is 0.573 e. The Morgan fingerprint density at radius 1 is 1.02 bits per heavy atom. The molecule has 5 fully saturated rings. The van der Waals surface area contributed by atoms with Gasteiger partial charge in [-0.05, 0) is 74.2 Å². The number of para-hydroxylation sites is 1. The van der Waals surface area contributed by atoms with E-state index in [1.807, 2.05) is 0 Å². The van der Waals surface area contributed by atoms with E-state index in [0.29, 0.717) is 54.6 Å². The van der Waals surface area contributed by atoms with Crippen LogP contribution in [0.1, 0.15) is 68.9 Å². The minimum Gasteiger partial charge on any atom is -0.405 e. The number of halogens is 5. The normalized spacial score (nSPS) is 30.1. The highest BCUT2D eigenvalue weighted by Crippen LogP contribution is 2.60. The molecule has 5 atom stereocenters. The van der Waals surface area contributed by atoms with Crippen molar-refractivity contribution in [3.8, 4) is 11.8 Å². The molecule has 2 aromatic rings. The van der Waals surface area contributed by atoms with Crippen molar-refractivity contribution in [1.29, 1.82) is 5.26 Å². The number of ether oxygens (including phenoxy) is 1. The van der Waals surface area contributed by atoms with Crippen LogP contribution in [-0.4, -0.2) is 40.9 Å². The number of alkyl halides is 5. The number of rotatable bonds is 9. The largest absolute Gasteiger partial charge is 0.573 e. The van der Waals surface area contributed by atoms with Gasteiger partial charge in [-0.15, -0.1) is 13.2 Å². The van der Waals surface area contributed by atoms with E-state index >= 15 is 0 Å². The molecule has 0 amide bonds. The van der Waals surface area contributed by atoms with E-state index in [-0.39, 0.29) is 48.1 Å². The fourth-order valence-electron chi connectivity index (χ4n) is 8.16. The van der Waals surface area contributed by atoms with Crippen molar-refractivity contribution in [2.24, 2.45) is 23.2 Å². The first-order chi connectivity index (χ1) is 20.0. The third-order valence-electron chi connectivity index (χ3n) is 9.72. The summed E-state index contributed by atoms with van der Waals surface area (Å²) in [6, 6.07) is 8.51. The van der Waals surface area contributed by atoms with Crippen molar-refractivity contribution in [2.75, 3.05) is 17.2 Å². The van der Waals surface area contributed by atoms with Gasteiger partial charge in [0.05, 0.1) is 6.20 Å². The third-order valence-corrected chi connectivity index (χ3v) is 9.72. The SMILES string of the molecule is N#Cc1cnc(NCc2ccccc2OC(F)(F)F)nc1NCC12CC3C[C@H](C1)C(NC1CCC(F)(F)CC1)[C@@H](C3)C2. The van der Waals surface area contributed by atoms with Gasteiger partial charge in [0.15, 0.2) is 0 Å². The van der Waals surface area contributed by atoms with E-state index < -0.39 is 12.3 Å². The predicted molar refractivity (Wildman–Crippen MR) is 146 cm³/mol. The summed E-state index contributed by atoms with van der Waals surface area (Å²) < 4.78 is 69.9. The maximum absolute atomic E-state index is 13.7. The summed E-state index contributed by atoms with van der Waals surface area (Å²) in [5.74, 6) is -0.581. The first kappa shape index (κ1) is 28.9. The molecule has 0 saturated heterocycles. The van der Waals surface area contributed by atoms with Gasteiger partial charge in [-0.25, -0.2) is 13.8 Å². The zero-order valence-electron chi connectivity index (χ0n) is 23.2. The lowest BCUT2D eigenvalue weighted by Gasteiger charge is -2.61. The Labute approximate surface area is 241 Å². The topological polar surface area (TPSA) is 94.9 Å². The summed E-state index contributed by atoms with van der Waals surface area (Å²) >= 11 is 0. The maximum atomic E-state index is 13.7. The Kier molecular flexibility index (Phi) is 7.66. The van der Waals surface area contributed by atoms with Gasteiger partial charge in [-0.2, -0.15) is 10.2 Å². The summed E-state index contributed by atoms with van der Waals surface area (Å²) in [7, 11) is 0. The van der Waals surface area contributed by atoms with E-state index in [9.17, 15) is 27.2 Å². The molecule has 1 heterocycles. The standard InChI is InChI=1S/C30H35F5N6O/c31-29(32)7-5-23(6-8-29)40-25-20-9-18-10-21(25)13-28(11-18,12-20)17-39-26-22(14-36)16-38-27(41-26)37-15-19-3-1-2-4-24(19)42-30(33,34)35/h1-4,16,18,20-21,23,25,40H,5-13,15,17H2,(H2,37,38,39,41)/t18?,20-,21+,25?,28?. The van der Waals surface area contributed by atoms with Gasteiger partial charge in [0.1, 0.15) is 23.2 Å². The second-order valence-electron chi connectivity index (χ2n) is 12.7. The van der Waals surface area contributed by atoms with Crippen molar-refractivity contribution in [1.82, 2.24) is 15.3 Å². The molecule has 0 aliphatic heterocycles. The number of hydrogen-bond donors (Lipinski definition) is 3. The Balaban J connectivity index is 1.09. The Bertz CT molecular complexity index is 1300. The number of benzene rings is 1. The van der Waals surface area contributed by atoms with Crippen LogP contribution in [0.3, 0.4) is 0 Å². The highest BCUT2D eigenvalue weighted by molar-refractivity contribution is 5.53. The molecule has 0 radical (unpaired) electrons. The number of hydrogen-bond acceptors (Lipinski definition) is 7. The van der Waals surface area contributed by atoms with Gasteiger partial charge in [-0.3, -0.25) is 0 Å². The monoisotopic (exact) mass is 590 g/mol. The molecule has 5 saturated carbocycles. The molecule has 42 heavy (non-hydrogen) atoms. The second kappa shape index (κ2) is 11.1. The fraction of sp³-hybridized carbons (Fsp3) is 0.633. The van der Waals surface area contributed by atoms with Crippen molar-refractivity contribution in [3.63, 3.8) is 0 Å². The van der Waals surface area contributed by atoms with Crippen LogP contribution < -0.4 is 20.7 Å². The zero-order chi connectivity index (χ0) is 29.5. The molecule has 7 nitrogen and oxygen atoms in total. The van der Waals surface area contributed by atoms with Crippen LogP contribution in [0.25, 0.3) is 0 Å². The molecule has 4 bridgehead atoms. The van der Waals surface area contributed by atoms with E-state index in [1.54, 1.807) is 6.07 Å². The zero-order valence-corrected chi connectivity index (χ0v) is 23.2. The minimum atomic E-state index is -4.81. The molecule has 5 aliphatic carbocycles. The lowest BCUT2D eigenvalue weighted by Crippen LogP contribution is -2.61. The van der Waals surface area contributed by atoms with Crippen LogP contribution in [0.2, 0.25) is 0 Å². The van der Waals surface area contributed by atoms with Crippen LogP contribution in [0.15, 0.2) is 30.5 Å². The van der Waals surface area contributed by atoms with Crippen molar-refractivity contribution >= 4 is 11.8 Å². The number of anilines is 2. The van der Waals surface area contributed by atoms with Gasteiger partial charge in [0.2, 0.25) is 11.9 Å². The average Bonchev–Trinajstić information content (AvgIpc) is 2.93. The molecule has 12 heteroatoms. The van der Waals surface area contributed by atoms with E-state index in [2.05, 4.69) is 36.7 Å². The lowest BCUT2D eigenvalue weighted by atomic mass is 9.47. The second-order valence-corrected chi connectivity index (χ2v) is 12.7. The van der Waals surface area contributed by atoms with Gasteiger partial charge in [0.25, 0.3) is 0 Å². The number of aromatic nitrogens is 2. The molecular weight excluding hydrogens is 555 g/mol. The molecule has 5 aliphatic rings. The van der Waals surface area contributed by atoms with E-state index in [4.69, 9.17) is 0 Å². The Morgan fingerprint density at radius 2 is 1.74 bits per heavy atom. The fourth-order valence-corrected chi connectivity index (χ4v) is 8.16. The molecule has 1 aromatic carbocycles. The van der Waals surface area contributed by atoms with Crippen LogP contribution >= 0.6 is 0 Å². The smallest absolute Gasteiger partial charge is 0.405 e. The Morgan fingerprint density at radius 3 is 2.43 bits per heavy atom. The van der Waals surface area contributed by atoms with Crippen LogP contribution in [0.4, 0.5) is 33.7 Å². The number of nitrogens with one attached hydrogen (secondary N) is 3. The van der Waals surface area contributed by atoms with E-state index in [0.717, 1.165) is 19.3 Å². The van der Waals surface area contributed by atoms with Gasteiger partial charge >= 0.3 is 6.36 Å². The van der Waals surface area contributed by atoms with Crippen molar-refractivity contribution in [2.45, 2.75) is 88.7 Å². The molecule has 3 N–H and O–H groups in total. The van der Waals surface area contributed by atoms with Crippen molar-refractivity contribution in [3.05, 3.63) is 41.6 Å². The summed E-state index contributed by atoms with van der Waals surface area (Å²) in [5.41, 5.74) is 0.656. The quantitative estimate of drug-likeness (QED) is 0.282. The number of nitriles is 1. The lowest BCUT2D eigenvalue weighted by molar-refractivity contribution is -0.274. The molecule has 226 valence electrons. The molecule has 3 unspecified atom stereocenters. The van der Waals surface area contributed by atoms with Gasteiger partial charge in [-0.1, -0.05) is 18.2 Å². The van der Waals surface area contributed by atoms with Gasteiger partial charge in [0, 0.05) is 43.6 Å². The summed E-state index contributed by atoms with van der Waals surface area (Å²) in [6.45, 7) is 0.659. The first-order valence-corrected chi connectivity index (χ1v) is 14.7. The highest BCUT2D eigenvalue weighted by atomic mass is 19.4.